The number of rotatable bonds is 3. The van der Waals surface area contributed by atoms with Crippen molar-refractivity contribution in [1.29, 1.82) is 0 Å². The van der Waals surface area contributed by atoms with Gasteiger partial charge in [-0.15, -0.1) is 0 Å². The summed E-state index contributed by atoms with van der Waals surface area (Å²) >= 11 is 6.97. The van der Waals surface area contributed by atoms with E-state index in [9.17, 15) is 4.79 Å². The normalized spacial score (nSPS) is 13.3. The molecule has 0 fully saturated rings. The Morgan fingerprint density at radius 1 is 1.23 bits per heavy atom. The van der Waals surface area contributed by atoms with Gasteiger partial charge in [0.15, 0.2) is 5.82 Å². The second kappa shape index (κ2) is 6.81. The maximum atomic E-state index is 11.9. The molecule has 2 aromatic heterocycles. The molecule has 132 valence electrons. The molecule has 1 amide bonds. The van der Waals surface area contributed by atoms with Gasteiger partial charge in [0.25, 0.3) is 5.91 Å². The Balaban J connectivity index is 1.81. The van der Waals surface area contributed by atoms with Crippen molar-refractivity contribution in [1.82, 2.24) is 25.1 Å². The van der Waals surface area contributed by atoms with E-state index in [1.807, 2.05) is 12.1 Å². The van der Waals surface area contributed by atoms with E-state index >= 15 is 0 Å². The van der Waals surface area contributed by atoms with E-state index in [2.05, 4.69) is 52.2 Å². The lowest BCUT2D eigenvalue weighted by molar-refractivity contribution is 0.0924. The van der Waals surface area contributed by atoms with Crippen LogP contribution in [0.25, 0.3) is 22.8 Å². The fraction of sp³-hybridized carbons (Fsp3) is 0.176. The van der Waals surface area contributed by atoms with Crippen molar-refractivity contribution in [3.8, 4) is 28.5 Å². The molecule has 0 atom stereocenters. The molecule has 0 radical (unpaired) electrons. The van der Waals surface area contributed by atoms with Gasteiger partial charge in [-0.25, -0.2) is 9.97 Å². The van der Waals surface area contributed by atoms with Gasteiger partial charge in [-0.1, -0.05) is 15.9 Å². The predicted molar refractivity (Wildman–Crippen MR) is 103 cm³/mol. The summed E-state index contributed by atoms with van der Waals surface area (Å²) in [5, 5.41) is 7.31. The van der Waals surface area contributed by atoms with Crippen LogP contribution in [-0.4, -0.2) is 39.3 Å². The predicted octanol–water partition coefficient (Wildman–Crippen LogP) is 3.28. The summed E-state index contributed by atoms with van der Waals surface area (Å²) in [5.74, 6) is 1.03. The first-order valence-corrected chi connectivity index (χ1v) is 9.38. The average molecular weight is 479 g/mol. The van der Waals surface area contributed by atoms with Crippen molar-refractivity contribution < 1.29 is 9.53 Å². The minimum atomic E-state index is -0.123. The number of methoxy groups -OCH3 is 1. The Morgan fingerprint density at radius 3 is 2.85 bits per heavy atom. The van der Waals surface area contributed by atoms with Crippen molar-refractivity contribution in [2.24, 2.45) is 0 Å². The number of nitrogens with zero attached hydrogens (tertiary/aromatic N) is 4. The summed E-state index contributed by atoms with van der Waals surface area (Å²) in [4.78, 5) is 21.0. The fourth-order valence-electron chi connectivity index (χ4n) is 2.83. The molecule has 0 aliphatic carbocycles. The van der Waals surface area contributed by atoms with E-state index in [1.54, 1.807) is 30.1 Å². The molecule has 1 N–H and O–H groups in total. The molecule has 0 spiro atoms. The van der Waals surface area contributed by atoms with E-state index in [4.69, 9.17) is 4.74 Å². The lowest BCUT2D eigenvalue weighted by Crippen LogP contribution is -2.35. The van der Waals surface area contributed by atoms with E-state index in [-0.39, 0.29) is 5.91 Å². The lowest BCUT2D eigenvalue weighted by atomic mass is 10.1. The molecule has 3 heterocycles. The first-order valence-electron chi connectivity index (χ1n) is 7.79. The molecule has 0 bridgehead atoms. The van der Waals surface area contributed by atoms with Crippen molar-refractivity contribution in [3.05, 3.63) is 45.1 Å². The third kappa shape index (κ3) is 3.01. The van der Waals surface area contributed by atoms with E-state index in [0.29, 0.717) is 41.7 Å². The highest BCUT2D eigenvalue weighted by atomic mass is 79.9. The largest absolute Gasteiger partial charge is 0.495 e. The summed E-state index contributed by atoms with van der Waals surface area (Å²) in [6.07, 6.45) is 1.67. The zero-order valence-corrected chi connectivity index (χ0v) is 16.8. The fourth-order valence-corrected chi connectivity index (χ4v) is 4.21. The van der Waals surface area contributed by atoms with Crippen LogP contribution in [0.4, 0.5) is 0 Å². The zero-order valence-electron chi connectivity index (χ0n) is 13.7. The highest BCUT2D eigenvalue weighted by Gasteiger charge is 2.21. The highest BCUT2D eigenvalue weighted by molar-refractivity contribution is 9.11. The average Bonchev–Trinajstić information content (AvgIpc) is 3.07. The van der Waals surface area contributed by atoms with Gasteiger partial charge in [-0.3, -0.25) is 9.48 Å². The maximum Gasteiger partial charge on any atom is 0.269 e. The summed E-state index contributed by atoms with van der Waals surface area (Å²) in [6.45, 7) is 1.22. The quantitative estimate of drug-likeness (QED) is 0.624. The summed E-state index contributed by atoms with van der Waals surface area (Å²) in [6, 6.07) is 7.31. The minimum absolute atomic E-state index is 0.123. The van der Waals surface area contributed by atoms with Gasteiger partial charge in [0.2, 0.25) is 0 Å². The van der Waals surface area contributed by atoms with Crippen LogP contribution >= 0.6 is 31.9 Å². The van der Waals surface area contributed by atoms with Crippen LogP contribution in [0.1, 0.15) is 10.5 Å². The number of benzene rings is 1. The number of carbonyl (C=O) groups is 1. The van der Waals surface area contributed by atoms with Crippen molar-refractivity contribution in [3.63, 3.8) is 0 Å². The first-order chi connectivity index (χ1) is 12.6. The van der Waals surface area contributed by atoms with Gasteiger partial charge < -0.3 is 10.1 Å². The van der Waals surface area contributed by atoms with Crippen molar-refractivity contribution in [2.75, 3.05) is 13.7 Å². The maximum absolute atomic E-state index is 11.9. The summed E-state index contributed by atoms with van der Waals surface area (Å²) in [7, 11) is 1.60. The van der Waals surface area contributed by atoms with Crippen LogP contribution < -0.4 is 10.1 Å². The summed E-state index contributed by atoms with van der Waals surface area (Å²) in [5.41, 5.74) is 2.56. The third-order valence-electron chi connectivity index (χ3n) is 3.99. The molecule has 3 aromatic rings. The molecular formula is C17H13Br2N5O2. The molecule has 0 unspecified atom stereocenters. The molecule has 1 aliphatic heterocycles. The standard InChI is InChI=1S/C17H13Br2N5O2/c1-26-15-10(6-9(18)7-11(15)19)16-20-3-2-12(22-16)13-8-14-17(25)21-4-5-24(14)23-13/h2-3,6-8H,4-5H2,1H3,(H,21,25). The molecule has 0 saturated carbocycles. The van der Waals surface area contributed by atoms with Crippen LogP contribution in [0, 0.1) is 0 Å². The number of halogens is 2. The van der Waals surface area contributed by atoms with Crippen LogP contribution in [-0.2, 0) is 6.54 Å². The Labute approximate surface area is 166 Å². The molecular weight excluding hydrogens is 466 g/mol. The number of fused-ring (bicyclic) bond motifs is 1. The SMILES string of the molecule is COc1c(Br)cc(Br)cc1-c1nccc(-c2cc3n(n2)CCNC3=O)n1. The Hall–Kier alpha value is -2.26. The van der Waals surface area contributed by atoms with E-state index in [0.717, 1.165) is 14.5 Å². The van der Waals surface area contributed by atoms with Gasteiger partial charge in [0, 0.05) is 17.2 Å². The van der Waals surface area contributed by atoms with Gasteiger partial charge >= 0.3 is 0 Å². The minimum Gasteiger partial charge on any atom is -0.495 e. The molecule has 9 heteroatoms. The number of aromatic nitrogens is 4. The van der Waals surface area contributed by atoms with Crippen LogP contribution in [0.2, 0.25) is 0 Å². The van der Waals surface area contributed by atoms with Crippen LogP contribution in [0.5, 0.6) is 5.75 Å². The number of carbonyl (C=O) groups excluding carboxylic acids is 1. The van der Waals surface area contributed by atoms with E-state index < -0.39 is 0 Å². The molecule has 1 aromatic carbocycles. The monoisotopic (exact) mass is 477 g/mol. The lowest BCUT2D eigenvalue weighted by Gasteiger charge is -2.13. The number of hydrogen-bond donors (Lipinski definition) is 1. The number of amides is 1. The Bertz CT molecular complexity index is 1020. The van der Waals surface area contributed by atoms with Crippen molar-refractivity contribution >= 4 is 37.8 Å². The molecule has 0 saturated heterocycles. The third-order valence-corrected chi connectivity index (χ3v) is 5.04. The smallest absolute Gasteiger partial charge is 0.269 e. The zero-order chi connectivity index (χ0) is 18.3. The first kappa shape index (κ1) is 17.2. The van der Waals surface area contributed by atoms with Crippen LogP contribution in [0.15, 0.2) is 39.4 Å². The van der Waals surface area contributed by atoms with Gasteiger partial charge in [-0.2, -0.15) is 5.10 Å². The second-order valence-electron chi connectivity index (χ2n) is 5.63. The molecule has 4 rings (SSSR count). The molecule has 1 aliphatic rings. The Kier molecular flexibility index (Phi) is 4.49. The highest BCUT2D eigenvalue weighted by Crippen LogP contribution is 2.38. The van der Waals surface area contributed by atoms with E-state index in [1.165, 1.54) is 0 Å². The number of ether oxygens (including phenoxy) is 1. The second-order valence-corrected chi connectivity index (χ2v) is 7.40. The van der Waals surface area contributed by atoms with Gasteiger partial charge in [0.1, 0.15) is 17.1 Å². The van der Waals surface area contributed by atoms with Crippen LogP contribution in [0.3, 0.4) is 0 Å². The topological polar surface area (TPSA) is 81.9 Å². The van der Waals surface area contributed by atoms with Gasteiger partial charge in [0.05, 0.1) is 29.4 Å². The molecule has 7 nitrogen and oxygen atoms in total. The number of nitrogens with one attached hydrogen (secondary N) is 1. The van der Waals surface area contributed by atoms with Crippen molar-refractivity contribution in [2.45, 2.75) is 6.54 Å². The Morgan fingerprint density at radius 2 is 2.08 bits per heavy atom. The number of hydrogen-bond acceptors (Lipinski definition) is 5. The summed E-state index contributed by atoms with van der Waals surface area (Å²) < 4.78 is 8.87. The van der Waals surface area contributed by atoms with Gasteiger partial charge in [-0.05, 0) is 40.2 Å². The molecule has 26 heavy (non-hydrogen) atoms.